The van der Waals surface area contributed by atoms with E-state index in [2.05, 4.69) is 31.0 Å². The van der Waals surface area contributed by atoms with E-state index < -0.39 is 0 Å². The summed E-state index contributed by atoms with van der Waals surface area (Å²) in [4.78, 5) is 2.45. The maximum absolute atomic E-state index is 9.84. The van der Waals surface area contributed by atoms with Gasteiger partial charge in [-0.15, -0.1) is 0 Å². The quantitative estimate of drug-likeness (QED) is 0.694. The highest BCUT2D eigenvalue weighted by atomic mass is 16.3. The van der Waals surface area contributed by atoms with E-state index in [-0.39, 0.29) is 6.10 Å². The van der Waals surface area contributed by atoms with Gasteiger partial charge in [-0.05, 0) is 31.8 Å². The van der Waals surface area contributed by atoms with Crippen molar-refractivity contribution in [2.24, 2.45) is 5.92 Å². The van der Waals surface area contributed by atoms with E-state index >= 15 is 0 Å². The number of nitrogens with one attached hydrogen (secondary N) is 1. The van der Waals surface area contributed by atoms with Crippen molar-refractivity contribution in [3.8, 4) is 0 Å². The zero-order chi connectivity index (χ0) is 11.3. The second kappa shape index (κ2) is 6.46. The topological polar surface area (TPSA) is 35.5 Å². The minimum Gasteiger partial charge on any atom is -0.390 e. The molecule has 2 unspecified atom stereocenters. The lowest BCUT2D eigenvalue weighted by atomic mass is 10.0. The molecule has 15 heavy (non-hydrogen) atoms. The van der Waals surface area contributed by atoms with Crippen molar-refractivity contribution >= 4 is 0 Å². The van der Waals surface area contributed by atoms with Crippen LogP contribution in [-0.4, -0.2) is 48.3 Å². The van der Waals surface area contributed by atoms with Gasteiger partial charge in [0.25, 0.3) is 0 Å². The van der Waals surface area contributed by atoms with Gasteiger partial charge >= 0.3 is 0 Å². The van der Waals surface area contributed by atoms with Gasteiger partial charge < -0.3 is 10.4 Å². The Hall–Kier alpha value is -0.120. The van der Waals surface area contributed by atoms with Crippen LogP contribution in [-0.2, 0) is 0 Å². The van der Waals surface area contributed by atoms with Gasteiger partial charge in [-0.1, -0.05) is 20.8 Å². The number of rotatable bonds is 6. The molecular formula is C12H26N2O. The van der Waals surface area contributed by atoms with Crippen molar-refractivity contribution in [1.82, 2.24) is 10.2 Å². The molecule has 1 fully saturated rings. The molecule has 0 saturated carbocycles. The standard InChI is InChI=1S/C12H26N2O/c1-4-13-8-11(15)9-14-7-5-6-12(14)10(2)3/h10-13,15H,4-9H2,1-3H3. The predicted octanol–water partition coefficient (Wildman–Crippen LogP) is 1.08. The van der Waals surface area contributed by atoms with Crippen LogP contribution in [0.5, 0.6) is 0 Å². The number of β-amino-alcohol motifs (C(OH)–C–C–N with tert-alkyl or cyclic N) is 1. The smallest absolute Gasteiger partial charge is 0.0791 e. The summed E-state index contributed by atoms with van der Waals surface area (Å²) in [7, 11) is 0. The van der Waals surface area contributed by atoms with E-state index in [1.54, 1.807) is 0 Å². The van der Waals surface area contributed by atoms with Crippen molar-refractivity contribution < 1.29 is 5.11 Å². The Morgan fingerprint density at radius 2 is 2.20 bits per heavy atom. The number of nitrogens with zero attached hydrogens (tertiary/aromatic N) is 1. The molecule has 0 radical (unpaired) electrons. The lowest BCUT2D eigenvalue weighted by molar-refractivity contribution is 0.0934. The summed E-state index contributed by atoms with van der Waals surface area (Å²) in [6.45, 7) is 10.3. The Bertz CT molecular complexity index is 173. The normalized spacial score (nSPS) is 25.0. The van der Waals surface area contributed by atoms with E-state index in [9.17, 15) is 5.11 Å². The molecule has 0 aromatic heterocycles. The summed E-state index contributed by atoms with van der Waals surface area (Å²) in [5.74, 6) is 0.707. The van der Waals surface area contributed by atoms with Gasteiger partial charge in [0.1, 0.15) is 0 Å². The Morgan fingerprint density at radius 1 is 1.47 bits per heavy atom. The Morgan fingerprint density at radius 3 is 2.80 bits per heavy atom. The third-order valence-electron chi connectivity index (χ3n) is 3.26. The van der Waals surface area contributed by atoms with Gasteiger partial charge in [-0.3, -0.25) is 4.90 Å². The first kappa shape index (κ1) is 12.9. The van der Waals surface area contributed by atoms with E-state index in [4.69, 9.17) is 0 Å². The van der Waals surface area contributed by atoms with Gasteiger partial charge in [0, 0.05) is 19.1 Å². The summed E-state index contributed by atoms with van der Waals surface area (Å²) < 4.78 is 0. The van der Waals surface area contributed by atoms with Gasteiger partial charge in [-0.2, -0.15) is 0 Å². The number of hydrogen-bond donors (Lipinski definition) is 2. The maximum Gasteiger partial charge on any atom is 0.0791 e. The summed E-state index contributed by atoms with van der Waals surface area (Å²) in [6, 6.07) is 0.682. The number of likely N-dealkylation sites (tertiary alicyclic amines) is 1. The summed E-state index contributed by atoms with van der Waals surface area (Å²) in [5, 5.41) is 13.0. The minimum atomic E-state index is -0.218. The predicted molar refractivity (Wildman–Crippen MR) is 64.0 cm³/mol. The largest absolute Gasteiger partial charge is 0.390 e. The molecular weight excluding hydrogens is 188 g/mol. The van der Waals surface area contributed by atoms with Crippen molar-refractivity contribution in [3.05, 3.63) is 0 Å². The fourth-order valence-corrected chi connectivity index (χ4v) is 2.48. The highest BCUT2D eigenvalue weighted by molar-refractivity contribution is 4.83. The molecule has 0 aliphatic carbocycles. The Kier molecular flexibility index (Phi) is 5.58. The third kappa shape index (κ3) is 4.09. The monoisotopic (exact) mass is 214 g/mol. The van der Waals surface area contributed by atoms with E-state index in [1.165, 1.54) is 12.8 Å². The van der Waals surface area contributed by atoms with Crippen LogP contribution < -0.4 is 5.32 Å². The van der Waals surface area contributed by atoms with Crippen LogP contribution in [0.1, 0.15) is 33.6 Å². The molecule has 0 aromatic carbocycles. The van der Waals surface area contributed by atoms with Crippen LogP contribution >= 0.6 is 0 Å². The second-order valence-corrected chi connectivity index (χ2v) is 4.91. The van der Waals surface area contributed by atoms with E-state index in [0.29, 0.717) is 12.0 Å². The van der Waals surface area contributed by atoms with Crippen LogP contribution in [0.2, 0.25) is 0 Å². The first-order chi connectivity index (χ1) is 7.15. The van der Waals surface area contributed by atoms with Crippen molar-refractivity contribution in [2.75, 3.05) is 26.2 Å². The second-order valence-electron chi connectivity index (χ2n) is 4.91. The fourth-order valence-electron chi connectivity index (χ4n) is 2.48. The molecule has 3 heteroatoms. The van der Waals surface area contributed by atoms with Crippen LogP contribution in [0.3, 0.4) is 0 Å². The first-order valence-corrected chi connectivity index (χ1v) is 6.28. The molecule has 0 aromatic rings. The Labute approximate surface area is 93.9 Å². The molecule has 1 aliphatic rings. The van der Waals surface area contributed by atoms with Crippen LogP contribution in [0.25, 0.3) is 0 Å². The lowest BCUT2D eigenvalue weighted by Gasteiger charge is -2.29. The number of likely N-dealkylation sites (N-methyl/N-ethyl adjacent to an activating group) is 1. The van der Waals surface area contributed by atoms with Crippen molar-refractivity contribution in [1.29, 1.82) is 0 Å². The molecule has 2 N–H and O–H groups in total. The number of aliphatic hydroxyl groups is 1. The molecule has 2 atom stereocenters. The molecule has 1 rings (SSSR count). The number of aliphatic hydroxyl groups excluding tert-OH is 1. The highest BCUT2D eigenvalue weighted by Crippen LogP contribution is 2.23. The van der Waals surface area contributed by atoms with Gasteiger partial charge in [-0.25, -0.2) is 0 Å². The average Bonchev–Trinajstić information content (AvgIpc) is 2.62. The van der Waals surface area contributed by atoms with Crippen LogP contribution in [0.4, 0.5) is 0 Å². The molecule has 90 valence electrons. The molecule has 1 saturated heterocycles. The summed E-state index contributed by atoms with van der Waals surface area (Å²) in [5.41, 5.74) is 0. The van der Waals surface area contributed by atoms with Gasteiger partial charge in [0.05, 0.1) is 6.10 Å². The molecule has 0 bridgehead atoms. The van der Waals surface area contributed by atoms with Crippen LogP contribution in [0.15, 0.2) is 0 Å². The fraction of sp³-hybridized carbons (Fsp3) is 1.00. The zero-order valence-electron chi connectivity index (χ0n) is 10.4. The zero-order valence-corrected chi connectivity index (χ0v) is 10.4. The van der Waals surface area contributed by atoms with E-state index in [1.807, 2.05) is 0 Å². The van der Waals surface area contributed by atoms with E-state index in [0.717, 1.165) is 26.2 Å². The number of hydrogen-bond acceptors (Lipinski definition) is 3. The Balaban J connectivity index is 2.30. The SMILES string of the molecule is CCNCC(O)CN1CCCC1C(C)C. The third-order valence-corrected chi connectivity index (χ3v) is 3.26. The van der Waals surface area contributed by atoms with Crippen molar-refractivity contribution in [2.45, 2.75) is 45.8 Å². The minimum absolute atomic E-state index is 0.218. The lowest BCUT2D eigenvalue weighted by Crippen LogP contribution is -2.42. The average molecular weight is 214 g/mol. The highest BCUT2D eigenvalue weighted by Gasteiger charge is 2.27. The maximum atomic E-state index is 9.84. The van der Waals surface area contributed by atoms with Gasteiger partial charge in [0.2, 0.25) is 0 Å². The molecule has 0 spiro atoms. The van der Waals surface area contributed by atoms with Gasteiger partial charge in [0.15, 0.2) is 0 Å². The summed E-state index contributed by atoms with van der Waals surface area (Å²) in [6.07, 6.45) is 2.37. The summed E-state index contributed by atoms with van der Waals surface area (Å²) >= 11 is 0. The first-order valence-electron chi connectivity index (χ1n) is 6.28. The molecule has 1 aliphatic heterocycles. The van der Waals surface area contributed by atoms with Crippen LogP contribution in [0, 0.1) is 5.92 Å². The molecule has 0 amide bonds. The van der Waals surface area contributed by atoms with Crippen molar-refractivity contribution in [3.63, 3.8) is 0 Å². The molecule has 3 nitrogen and oxygen atoms in total. The molecule has 1 heterocycles.